The van der Waals surface area contributed by atoms with Crippen LogP contribution in [0.15, 0.2) is 54.1 Å². The lowest BCUT2D eigenvalue weighted by Gasteiger charge is -2.40. The minimum atomic E-state index is -0.741. The lowest BCUT2D eigenvalue weighted by atomic mass is 9.88. The van der Waals surface area contributed by atoms with Crippen molar-refractivity contribution in [1.82, 2.24) is 5.32 Å². The van der Waals surface area contributed by atoms with Crippen molar-refractivity contribution >= 4 is 40.9 Å². The van der Waals surface area contributed by atoms with Gasteiger partial charge in [-0.15, -0.1) is 0 Å². The van der Waals surface area contributed by atoms with Gasteiger partial charge in [0.25, 0.3) is 11.8 Å². The second kappa shape index (κ2) is 7.79. The molecule has 6 nitrogen and oxygen atoms in total. The Balaban J connectivity index is 1.72. The van der Waals surface area contributed by atoms with E-state index in [2.05, 4.69) is 37.1 Å². The Labute approximate surface area is 188 Å². The van der Waals surface area contributed by atoms with Gasteiger partial charge < -0.3 is 4.90 Å². The number of fused-ring (bicyclic) bond motifs is 1. The highest BCUT2D eigenvalue weighted by molar-refractivity contribution is 6.39. The highest BCUT2D eigenvalue weighted by Gasteiger charge is 2.37. The largest absolute Gasteiger partial charge is 0.366 e. The number of benzene rings is 2. The molecule has 0 saturated carbocycles. The number of aryl methyl sites for hydroxylation is 1. The summed E-state index contributed by atoms with van der Waals surface area (Å²) in [7, 11) is 2.05. The number of amides is 4. The topological polar surface area (TPSA) is 69.7 Å². The van der Waals surface area contributed by atoms with Gasteiger partial charge in [-0.25, -0.2) is 9.69 Å². The number of imide groups is 2. The molecule has 0 radical (unpaired) electrons. The van der Waals surface area contributed by atoms with Gasteiger partial charge in [-0.3, -0.25) is 14.9 Å². The van der Waals surface area contributed by atoms with Crippen LogP contribution in [0.2, 0.25) is 0 Å². The molecule has 6 heteroatoms. The van der Waals surface area contributed by atoms with E-state index in [1.807, 2.05) is 44.3 Å². The molecule has 1 N–H and O–H groups in total. The Hall–Kier alpha value is -3.67. The van der Waals surface area contributed by atoms with E-state index in [0.717, 1.165) is 39.3 Å². The number of allylic oxidation sites excluding steroid dienone is 1. The van der Waals surface area contributed by atoms with E-state index in [1.165, 1.54) is 0 Å². The van der Waals surface area contributed by atoms with E-state index in [0.29, 0.717) is 5.69 Å². The summed E-state index contributed by atoms with van der Waals surface area (Å²) in [5, 5.41) is 2.29. The fourth-order valence-corrected chi connectivity index (χ4v) is 4.21. The zero-order valence-electron chi connectivity index (χ0n) is 19.0. The summed E-state index contributed by atoms with van der Waals surface area (Å²) in [6.45, 7) is 8.39. The summed E-state index contributed by atoms with van der Waals surface area (Å²) in [5.41, 5.74) is 5.33. The molecule has 4 rings (SSSR count). The van der Waals surface area contributed by atoms with E-state index < -0.39 is 17.8 Å². The van der Waals surface area contributed by atoms with Crippen molar-refractivity contribution < 1.29 is 14.4 Å². The third-order valence-electron chi connectivity index (χ3n) is 6.26. The summed E-state index contributed by atoms with van der Waals surface area (Å²) < 4.78 is 0. The number of likely N-dealkylation sites (N-methyl/N-ethyl adjacent to an activating group) is 1. The summed E-state index contributed by atoms with van der Waals surface area (Å²) in [4.78, 5) is 41.3. The van der Waals surface area contributed by atoms with E-state index in [1.54, 1.807) is 18.2 Å². The average Bonchev–Trinajstić information content (AvgIpc) is 2.75. The standard InChI is InChI=1S/C26H27N3O3/c1-6-17-7-10-19(11-8-17)29-24(31)21(23(30)27-25(29)32)14-18-9-12-22-20(13-18)16(2)15-26(3,4)28(22)5/h7-15H,6H2,1-5H3,(H,27,30,32)/b21-14-. The van der Waals surface area contributed by atoms with Gasteiger partial charge in [0.05, 0.1) is 11.2 Å². The number of carbonyl (C=O) groups is 3. The zero-order valence-corrected chi connectivity index (χ0v) is 19.0. The second-order valence-electron chi connectivity index (χ2n) is 8.79. The minimum Gasteiger partial charge on any atom is -0.366 e. The van der Waals surface area contributed by atoms with Crippen LogP contribution < -0.4 is 15.1 Å². The number of rotatable bonds is 3. The number of barbiturate groups is 1. The van der Waals surface area contributed by atoms with Gasteiger partial charge in [0.1, 0.15) is 5.57 Å². The molecule has 2 heterocycles. The maximum atomic E-state index is 13.2. The Bertz CT molecular complexity index is 1190. The molecular formula is C26H27N3O3. The van der Waals surface area contributed by atoms with E-state index in [4.69, 9.17) is 0 Å². The molecule has 0 spiro atoms. The van der Waals surface area contributed by atoms with Crippen LogP contribution >= 0.6 is 0 Å². The van der Waals surface area contributed by atoms with Crippen molar-refractivity contribution in [3.63, 3.8) is 0 Å². The first-order valence-electron chi connectivity index (χ1n) is 10.7. The normalized spacial score (nSPS) is 19.1. The quantitative estimate of drug-likeness (QED) is 0.574. The number of nitrogens with one attached hydrogen (secondary N) is 1. The van der Waals surface area contributed by atoms with Crippen molar-refractivity contribution in [3.05, 3.63) is 70.8 Å². The van der Waals surface area contributed by atoms with Crippen LogP contribution in [0.4, 0.5) is 16.2 Å². The molecule has 0 unspecified atom stereocenters. The second-order valence-corrected chi connectivity index (χ2v) is 8.79. The van der Waals surface area contributed by atoms with Gasteiger partial charge in [0.2, 0.25) is 0 Å². The van der Waals surface area contributed by atoms with Crippen molar-refractivity contribution in [1.29, 1.82) is 0 Å². The minimum absolute atomic E-state index is 0.0738. The van der Waals surface area contributed by atoms with Crippen LogP contribution in [0.25, 0.3) is 11.6 Å². The number of anilines is 2. The highest BCUT2D eigenvalue weighted by Crippen LogP contribution is 2.38. The van der Waals surface area contributed by atoms with E-state index in [-0.39, 0.29) is 11.1 Å². The predicted octanol–water partition coefficient (Wildman–Crippen LogP) is 4.55. The van der Waals surface area contributed by atoms with Crippen LogP contribution in [-0.2, 0) is 16.0 Å². The first-order valence-corrected chi connectivity index (χ1v) is 10.7. The highest BCUT2D eigenvalue weighted by atomic mass is 16.2. The lowest BCUT2D eigenvalue weighted by molar-refractivity contribution is -0.122. The number of hydrogen-bond acceptors (Lipinski definition) is 4. The van der Waals surface area contributed by atoms with Crippen LogP contribution in [0.1, 0.15) is 44.4 Å². The molecule has 32 heavy (non-hydrogen) atoms. The Morgan fingerprint density at radius 3 is 2.38 bits per heavy atom. The monoisotopic (exact) mass is 429 g/mol. The Morgan fingerprint density at radius 2 is 1.72 bits per heavy atom. The zero-order chi connectivity index (χ0) is 23.2. The molecule has 2 aromatic carbocycles. The molecular weight excluding hydrogens is 402 g/mol. The van der Waals surface area contributed by atoms with Gasteiger partial charge >= 0.3 is 6.03 Å². The number of carbonyl (C=O) groups excluding carboxylic acids is 3. The molecule has 1 fully saturated rings. The fourth-order valence-electron chi connectivity index (χ4n) is 4.21. The van der Waals surface area contributed by atoms with Gasteiger partial charge in [0, 0.05) is 18.3 Å². The van der Waals surface area contributed by atoms with E-state index in [9.17, 15) is 14.4 Å². The van der Waals surface area contributed by atoms with Crippen molar-refractivity contribution in [2.24, 2.45) is 0 Å². The number of urea groups is 1. The molecule has 4 amide bonds. The molecule has 0 bridgehead atoms. The lowest BCUT2D eigenvalue weighted by Crippen LogP contribution is -2.54. The van der Waals surface area contributed by atoms with Gasteiger partial charge in [-0.05, 0) is 74.2 Å². The molecule has 0 aliphatic carbocycles. The summed E-state index contributed by atoms with van der Waals surface area (Å²) >= 11 is 0. The summed E-state index contributed by atoms with van der Waals surface area (Å²) in [5.74, 6) is -1.32. The Morgan fingerprint density at radius 1 is 1.03 bits per heavy atom. The predicted molar refractivity (Wildman–Crippen MR) is 127 cm³/mol. The SMILES string of the molecule is CCc1ccc(N2C(=O)NC(=O)/C(=C/c3ccc4c(c3)C(C)=CC(C)(C)N4C)C2=O)cc1. The third kappa shape index (κ3) is 3.62. The average molecular weight is 430 g/mol. The van der Waals surface area contributed by atoms with Gasteiger partial charge in [0.15, 0.2) is 0 Å². The number of nitrogens with zero attached hydrogens (tertiary/aromatic N) is 2. The van der Waals surface area contributed by atoms with Crippen molar-refractivity contribution in [2.45, 2.75) is 39.7 Å². The maximum absolute atomic E-state index is 13.2. The molecule has 1 saturated heterocycles. The van der Waals surface area contributed by atoms with Crippen molar-refractivity contribution in [2.75, 3.05) is 16.8 Å². The Kier molecular flexibility index (Phi) is 5.25. The first-order chi connectivity index (χ1) is 15.1. The van der Waals surface area contributed by atoms with Gasteiger partial charge in [-0.1, -0.05) is 31.2 Å². The first kappa shape index (κ1) is 21.6. The number of hydrogen-bond donors (Lipinski definition) is 1. The van der Waals surface area contributed by atoms with Crippen LogP contribution in [0.3, 0.4) is 0 Å². The third-order valence-corrected chi connectivity index (χ3v) is 6.26. The molecule has 164 valence electrons. The van der Waals surface area contributed by atoms with Crippen LogP contribution in [-0.4, -0.2) is 30.4 Å². The smallest absolute Gasteiger partial charge is 0.335 e. The molecule has 0 atom stereocenters. The molecule has 2 aromatic rings. The maximum Gasteiger partial charge on any atom is 0.335 e. The molecule has 0 aromatic heterocycles. The molecule has 2 aliphatic heterocycles. The fraction of sp³-hybridized carbons (Fsp3) is 0.269. The van der Waals surface area contributed by atoms with E-state index >= 15 is 0 Å². The van der Waals surface area contributed by atoms with Crippen LogP contribution in [0.5, 0.6) is 0 Å². The molecule has 2 aliphatic rings. The van der Waals surface area contributed by atoms with Crippen molar-refractivity contribution in [3.8, 4) is 0 Å². The van der Waals surface area contributed by atoms with Gasteiger partial charge in [-0.2, -0.15) is 0 Å². The summed E-state index contributed by atoms with van der Waals surface area (Å²) in [6, 6.07) is 12.3. The summed E-state index contributed by atoms with van der Waals surface area (Å²) in [6.07, 6.45) is 4.60. The van der Waals surface area contributed by atoms with Crippen LogP contribution in [0, 0.1) is 0 Å².